The Labute approximate surface area is 138 Å². The zero-order valence-corrected chi connectivity index (χ0v) is 13.8. The highest BCUT2D eigenvalue weighted by atomic mass is 32.2. The Morgan fingerprint density at radius 1 is 0.958 bits per heavy atom. The van der Waals surface area contributed by atoms with Gasteiger partial charge in [-0.2, -0.15) is 9.40 Å². The molecular formula is C15H16F2N4O2S. The van der Waals surface area contributed by atoms with Crippen molar-refractivity contribution >= 4 is 15.8 Å². The molecule has 3 rings (SSSR count). The Morgan fingerprint density at radius 3 is 2.12 bits per heavy atom. The average Bonchev–Trinajstić information content (AvgIpc) is 2.55. The normalized spacial score (nSPS) is 16.4. The molecule has 2 heterocycles. The molecule has 1 aromatic carbocycles. The molecule has 0 saturated carbocycles. The number of halogens is 2. The lowest BCUT2D eigenvalue weighted by molar-refractivity contribution is 0.377. The van der Waals surface area contributed by atoms with Crippen LogP contribution in [0.4, 0.5) is 14.6 Å². The molecular weight excluding hydrogens is 338 g/mol. The van der Waals surface area contributed by atoms with Gasteiger partial charge in [-0.1, -0.05) is 6.07 Å². The number of aryl methyl sites for hydroxylation is 1. The summed E-state index contributed by atoms with van der Waals surface area (Å²) in [4.78, 5) is 0.990. The van der Waals surface area contributed by atoms with Crippen molar-refractivity contribution in [1.82, 2.24) is 14.5 Å². The summed E-state index contributed by atoms with van der Waals surface area (Å²) in [7, 11) is -4.22. The van der Waals surface area contributed by atoms with Crippen LogP contribution in [-0.4, -0.2) is 49.1 Å². The third-order valence-corrected chi connectivity index (χ3v) is 5.81. The summed E-state index contributed by atoms with van der Waals surface area (Å²) in [6.07, 6.45) is 0. The van der Waals surface area contributed by atoms with E-state index in [1.807, 2.05) is 24.0 Å². The fourth-order valence-corrected chi connectivity index (χ4v) is 4.11. The van der Waals surface area contributed by atoms with Gasteiger partial charge in [-0.25, -0.2) is 17.2 Å². The van der Waals surface area contributed by atoms with Crippen molar-refractivity contribution in [3.63, 3.8) is 0 Å². The zero-order chi connectivity index (χ0) is 17.3. The predicted molar refractivity (Wildman–Crippen MR) is 84.1 cm³/mol. The number of piperazine rings is 1. The topological polar surface area (TPSA) is 66.4 Å². The van der Waals surface area contributed by atoms with Crippen LogP contribution in [0.25, 0.3) is 0 Å². The van der Waals surface area contributed by atoms with Crippen molar-refractivity contribution in [2.24, 2.45) is 0 Å². The van der Waals surface area contributed by atoms with Crippen molar-refractivity contribution in [2.75, 3.05) is 31.1 Å². The Kier molecular flexibility index (Phi) is 4.46. The first-order valence-electron chi connectivity index (χ1n) is 7.39. The molecule has 0 atom stereocenters. The van der Waals surface area contributed by atoms with Gasteiger partial charge in [0.1, 0.15) is 11.6 Å². The predicted octanol–water partition coefficient (Wildman–Crippen LogP) is 1.57. The number of rotatable bonds is 3. The smallest absolute Gasteiger partial charge is 0.249 e. The number of aromatic nitrogens is 2. The lowest BCUT2D eigenvalue weighted by atomic mass is 10.3. The quantitative estimate of drug-likeness (QED) is 0.837. The minimum Gasteiger partial charge on any atom is -0.352 e. The van der Waals surface area contributed by atoms with Gasteiger partial charge < -0.3 is 4.90 Å². The molecule has 24 heavy (non-hydrogen) atoms. The molecule has 0 amide bonds. The van der Waals surface area contributed by atoms with Crippen molar-refractivity contribution in [1.29, 1.82) is 0 Å². The van der Waals surface area contributed by atoms with Gasteiger partial charge >= 0.3 is 0 Å². The maximum absolute atomic E-state index is 13.8. The lowest BCUT2D eigenvalue weighted by Crippen LogP contribution is -2.49. The second kappa shape index (κ2) is 6.40. The molecule has 1 aliphatic heterocycles. The second-order valence-electron chi connectivity index (χ2n) is 5.47. The van der Waals surface area contributed by atoms with Gasteiger partial charge in [0.25, 0.3) is 0 Å². The van der Waals surface area contributed by atoms with E-state index in [2.05, 4.69) is 10.2 Å². The van der Waals surface area contributed by atoms with Gasteiger partial charge in [0, 0.05) is 26.2 Å². The first-order valence-corrected chi connectivity index (χ1v) is 8.83. The highest BCUT2D eigenvalue weighted by Crippen LogP contribution is 2.24. The number of benzene rings is 1. The summed E-state index contributed by atoms with van der Waals surface area (Å²) < 4.78 is 53.7. The average molecular weight is 354 g/mol. The number of nitrogens with zero attached hydrogens (tertiary/aromatic N) is 4. The Morgan fingerprint density at radius 2 is 1.58 bits per heavy atom. The Hall–Kier alpha value is -2.13. The minimum absolute atomic E-state index is 0.117. The Balaban J connectivity index is 1.77. The van der Waals surface area contributed by atoms with Crippen LogP contribution in [0.3, 0.4) is 0 Å². The number of anilines is 1. The molecule has 1 saturated heterocycles. The molecule has 0 unspecified atom stereocenters. The summed E-state index contributed by atoms with van der Waals surface area (Å²) in [5.41, 5.74) is 0.787. The van der Waals surface area contributed by atoms with E-state index in [-0.39, 0.29) is 13.1 Å². The second-order valence-corrected chi connectivity index (χ2v) is 7.35. The fourth-order valence-electron chi connectivity index (χ4n) is 2.58. The molecule has 6 nitrogen and oxygen atoms in total. The van der Waals surface area contributed by atoms with Gasteiger partial charge in [0.2, 0.25) is 10.0 Å². The molecule has 0 bridgehead atoms. The van der Waals surface area contributed by atoms with E-state index >= 15 is 0 Å². The molecule has 1 aromatic heterocycles. The maximum Gasteiger partial charge on any atom is 0.249 e. The molecule has 9 heteroatoms. The molecule has 0 radical (unpaired) electrons. The molecule has 1 fully saturated rings. The summed E-state index contributed by atoms with van der Waals surface area (Å²) in [5.74, 6) is -1.52. The van der Waals surface area contributed by atoms with Crippen molar-refractivity contribution < 1.29 is 17.2 Å². The maximum atomic E-state index is 13.8. The van der Waals surface area contributed by atoms with E-state index in [0.29, 0.717) is 18.9 Å². The van der Waals surface area contributed by atoms with E-state index in [4.69, 9.17) is 0 Å². The molecule has 0 aliphatic carbocycles. The summed E-state index contributed by atoms with van der Waals surface area (Å²) >= 11 is 0. The highest BCUT2D eigenvalue weighted by molar-refractivity contribution is 7.89. The van der Waals surface area contributed by atoms with Crippen molar-refractivity contribution in [3.05, 3.63) is 47.7 Å². The van der Waals surface area contributed by atoms with Gasteiger partial charge in [-0.05, 0) is 31.2 Å². The molecule has 0 N–H and O–H groups in total. The summed E-state index contributed by atoms with van der Waals surface area (Å²) in [6.45, 7) is 2.79. The van der Waals surface area contributed by atoms with Crippen molar-refractivity contribution in [2.45, 2.75) is 11.8 Å². The van der Waals surface area contributed by atoms with Crippen LogP contribution in [0.1, 0.15) is 5.69 Å². The molecule has 1 aliphatic rings. The SMILES string of the molecule is Cc1ccc(N2CCN(S(=O)(=O)c3c(F)cccc3F)CC2)nn1. The standard InChI is InChI=1S/C15H16F2N4O2S/c1-11-5-6-14(19-18-11)20-7-9-21(10-8-20)24(22,23)15-12(16)3-2-4-13(15)17/h2-6H,7-10H2,1H3. The van der Waals surface area contributed by atoms with Crippen LogP contribution in [-0.2, 0) is 10.0 Å². The van der Waals surface area contributed by atoms with E-state index < -0.39 is 26.6 Å². The van der Waals surface area contributed by atoms with Gasteiger partial charge in [0.15, 0.2) is 10.7 Å². The monoisotopic (exact) mass is 354 g/mol. The summed E-state index contributed by atoms with van der Waals surface area (Å²) in [6, 6.07) is 6.64. The Bertz CT molecular complexity index is 815. The number of sulfonamides is 1. The van der Waals surface area contributed by atoms with E-state index in [9.17, 15) is 17.2 Å². The van der Waals surface area contributed by atoms with Crippen LogP contribution in [0.15, 0.2) is 35.2 Å². The van der Waals surface area contributed by atoms with Crippen LogP contribution in [0.2, 0.25) is 0 Å². The van der Waals surface area contributed by atoms with Crippen LogP contribution in [0.5, 0.6) is 0 Å². The van der Waals surface area contributed by atoms with E-state index in [0.717, 1.165) is 28.2 Å². The number of hydrogen-bond donors (Lipinski definition) is 0. The highest BCUT2D eigenvalue weighted by Gasteiger charge is 2.33. The third-order valence-electron chi connectivity index (χ3n) is 3.86. The number of hydrogen-bond acceptors (Lipinski definition) is 5. The van der Waals surface area contributed by atoms with E-state index in [1.165, 1.54) is 0 Å². The van der Waals surface area contributed by atoms with Gasteiger partial charge in [-0.15, -0.1) is 5.10 Å². The third kappa shape index (κ3) is 3.09. The van der Waals surface area contributed by atoms with Crippen LogP contribution < -0.4 is 4.90 Å². The molecule has 0 spiro atoms. The summed E-state index contributed by atoms with van der Waals surface area (Å²) in [5, 5.41) is 8.03. The van der Waals surface area contributed by atoms with Crippen molar-refractivity contribution in [3.8, 4) is 0 Å². The van der Waals surface area contributed by atoms with E-state index in [1.54, 1.807) is 0 Å². The zero-order valence-electron chi connectivity index (χ0n) is 13.0. The fraction of sp³-hybridized carbons (Fsp3) is 0.333. The largest absolute Gasteiger partial charge is 0.352 e. The van der Waals surface area contributed by atoms with Crippen LogP contribution in [0, 0.1) is 18.6 Å². The van der Waals surface area contributed by atoms with Gasteiger partial charge in [-0.3, -0.25) is 0 Å². The molecule has 2 aromatic rings. The first-order chi connectivity index (χ1) is 11.4. The molecule has 128 valence electrons. The minimum atomic E-state index is -4.22. The van der Waals surface area contributed by atoms with Gasteiger partial charge in [0.05, 0.1) is 5.69 Å². The first kappa shape index (κ1) is 16.7. The lowest BCUT2D eigenvalue weighted by Gasteiger charge is -2.34. The van der Waals surface area contributed by atoms with Crippen LogP contribution >= 0.6 is 0 Å².